The fraction of sp³-hybridized carbons (Fsp3) is 0.438. The molecular weight excluding hydrogens is 885 g/mol. The Morgan fingerprint density at radius 2 is 1.43 bits per heavy atom. The number of aliphatic carboxylic acids is 1. The normalized spacial score (nSPS) is 15.7. The molecule has 3 aromatic carbocycles. The number of nitrogens with zero attached hydrogens (tertiary/aromatic N) is 1. The predicted octanol–water partition coefficient (Wildman–Crippen LogP) is 3.82. The van der Waals surface area contributed by atoms with Gasteiger partial charge in [-0.1, -0.05) is 80.1 Å². The van der Waals surface area contributed by atoms with Gasteiger partial charge >= 0.3 is 5.97 Å². The third-order valence-corrected chi connectivity index (χ3v) is 11.9. The summed E-state index contributed by atoms with van der Waals surface area (Å²) in [5.41, 5.74) is 1.03. The van der Waals surface area contributed by atoms with Crippen molar-refractivity contribution in [3.05, 3.63) is 108 Å². The summed E-state index contributed by atoms with van der Waals surface area (Å²) in [5, 5.41) is 25.0. The number of amides is 6. The quantitative estimate of drug-likeness (QED) is 0.0555. The number of carbonyl (C=O) groups is 7. The highest BCUT2D eigenvalue weighted by atomic mass is 32.2. The smallest absolute Gasteiger partial charge is 0.303 e. The average molecular weight is 945 g/mol. The molecule has 0 saturated carbocycles. The number of rotatable bonds is 22. The van der Waals surface area contributed by atoms with Crippen molar-refractivity contribution in [2.45, 2.75) is 127 Å². The highest BCUT2D eigenvalue weighted by molar-refractivity contribution is 7.85. The number of hydrogen-bond donors (Lipinski definition) is 7. The lowest BCUT2D eigenvalue weighted by Gasteiger charge is -2.31. The molecular formula is C48H60N6O12S. The largest absolute Gasteiger partial charge is 0.481 e. The number of carboxylic acid groups (broad SMARTS) is 1. The molecule has 1 aliphatic rings. The van der Waals surface area contributed by atoms with Crippen molar-refractivity contribution in [3.8, 4) is 0 Å². The number of benzene rings is 3. The summed E-state index contributed by atoms with van der Waals surface area (Å²) in [4.78, 5) is 96.7. The molecule has 0 spiro atoms. The second-order valence-electron chi connectivity index (χ2n) is 17.8. The number of carbonyl (C=O) groups excluding carboxylic acids is 6. The van der Waals surface area contributed by atoms with Crippen LogP contribution in [-0.2, 0) is 57.5 Å². The Labute approximate surface area is 389 Å². The third-order valence-electron chi connectivity index (χ3n) is 11.2. The zero-order valence-electron chi connectivity index (χ0n) is 38.1. The van der Waals surface area contributed by atoms with Crippen LogP contribution >= 0.6 is 0 Å². The lowest BCUT2D eigenvalue weighted by Crippen LogP contribution is -2.59. The van der Waals surface area contributed by atoms with Crippen molar-refractivity contribution in [2.75, 3.05) is 6.54 Å². The lowest BCUT2D eigenvalue weighted by atomic mass is 9.97. The lowest BCUT2D eigenvalue weighted by molar-refractivity contribution is -0.142. The van der Waals surface area contributed by atoms with E-state index in [1.807, 2.05) is 49.4 Å². The molecule has 5 rings (SSSR count). The van der Waals surface area contributed by atoms with Gasteiger partial charge < -0.3 is 41.0 Å². The van der Waals surface area contributed by atoms with Crippen LogP contribution in [-0.4, -0.2) is 107 Å². The van der Waals surface area contributed by atoms with E-state index in [2.05, 4.69) is 26.6 Å². The van der Waals surface area contributed by atoms with Crippen LogP contribution in [0.1, 0.15) is 99.7 Å². The molecule has 2 heterocycles. The molecule has 4 aromatic rings. The van der Waals surface area contributed by atoms with E-state index in [1.54, 1.807) is 32.9 Å². The Bertz CT molecular complexity index is 2500. The van der Waals surface area contributed by atoms with Crippen LogP contribution < -0.4 is 26.6 Å². The van der Waals surface area contributed by atoms with Crippen molar-refractivity contribution >= 4 is 62.3 Å². The number of hydrogen-bond acceptors (Lipinski definition) is 10. The highest BCUT2D eigenvalue weighted by Gasteiger charge is 2.40. The molecule has 0 radical (unpaired) electrons. The SMILES string of the molecule is CCC[C@H](NC(=O)[C@H](Cc1ccc(CS(=O)(=O)O)cc1)NC(=O)c1ccoc1)C(=O)N1CCC[C@H]1C(=O)N[C@@H](Cc1cccc2ccccc12)C(=O)N[C@@H](CCCC(=O)O)C(=O)NC(C)(C)C. The van der Waals surface area contributed by atoms with Crippen LogP contribution in [0.5, 0.6) is 0 Å². The Morgan fingerprint density at radius 3 is 2.07 bits per heavy atom. The van der Waals surface area contributed by atoms with Gasteiger partial charge in [0.1, 0.15) is 42.2 Å². The maximum absolute atomic E-state index is 14.5. The average Bonchev–Trinajstić information content (AvgIpc) is 3.99. The van der Waals surface area contributed by atoms with Crippen LogP contribution in [0, 0.1) is 0 Å². The van der Waals surface area contributed by atoms with Crippen molar-refractivity contribution in [2.24, 2.45) is 0 Å². The van der Waals surface area contributed by atoms with Gasteiger partial charge in [0.2, 0.25) is 29.5 Å². The van der Waals surface area contributed by atoms with Crippen LogP contribution in [0.25, 0.3) is 10.8 Å². The van der Waals surface area contributed by atoms with Gasteiger partial charge in [-0.15, -0.1) is 0 Å². The van der Waals surface area contributed by atoms with Crippen LogP contribution in [0.15, 0.2) is 89.7 Å². The summed E-state index contributed by atoms with van der Waals surface area (Å²) in [6.07, 6.45) is 3.63. The van der Waals surface area contributed by atoms with E-state index in [4.69, 9.17) is 4.42 Å². The Kier molecular flexibility index (Phi) is 17.8. The van der Waals surface area contributed by atoms with Crippen molar-refractivity contribution in [1.29, 1.82) is 0 Å². The molecule has 5 atom stereocenters. The summed E-state index contributed by atoms with van der Waals surface area (Å²) < 4.78 is 37.1. The number of likely N-dealkylation sites (tertiary alicyclic amines) is 1. The van der Waals surface area contributed by atoms with E-state index in [9.17, 15) is 51.6 Å². The van der Waals surface area contributed by atoms with E-state index >= 15 is 0 Å². The van der Waals surface area contributed by atoms with E-state index in [-0.39, 0.29) is 57.1 Å². The van der Waals surface area contributed by atoms with Crippen LogP contribution in [0.2, 0.25) is 0 Å². The van der Waals surface area contributed by atoms with Gasteiger partial charge in [0.25, 0.3) is 16.0 Å². The minimum atomic E-state index is -4.30. The summed E-state index contributed by atoms with van der Waals surface area (Å²) in [7, 11) is -4.30. The van der Waals surface area contributed by atoms with Gasteiger partial charge in [-0.2, -0.15) is 8.42 Å². The Hall–Kier alpha value is -6.60. The molecule has 1 aliphatic heterocycles. The molecule has 67 heavy (non-hydrogen) atoms. The zero-order chi connectivity index (χ0) is 48.9. The molecule has 7 N–H and O–H groups in total. The standard InChI is InChI=1S/C48H60N6O12S/c1-5-11-37(50-43(58)38(51-42(57)34-23-25-66-28-34)26-30-19-21-31(22-20-30)29-67(63,64)65)47(62)54-24-10-17-40(54)46(61)52-39(27-33-14-8-13-32-12-6-7-15-35(32)33)44(59)49-36(16-9-18-41(55)56)45(60)53-48(2,3)4/h6-8,12-15,19-23,25,28,36-40H,5,9-11,16-18,24,26-27,29H2,1-4H3,(H,49,59)(H,50,58)(H,51,57)(H,52,61)(H,53,60)(H,55,56)(H,63,64,65)/t36-,37-,38-,39-,40-/m0/s1. The second kappa shape index (κ2) is 23.2. The number of carboxylic acids is 1. The van der Waals surface area contributed by atoms with E-state index < -0.39 is 93.0 Å². The maximum atomic E-state index is 14.5. The number of fused-ring (bicyclic) bond motifs is 1. The molecule has 1 aromatic heterocycles. The van der Waals surface area contributed by atoms with Gasteiger partial charge in [0.05, 0.1) is 11.8 Å². The number of furan rings is 1. The molecule has 18 nitrogen and oxygen atoms in total. The molecule has 0 bridgehead atoms. The van der Waals surface area contributed by atoms with Crippen molar-refractivity contribution in [3.63, 3.8) is 0 Å². The van der Waals surface area contributed by atoms with E-state index in [0.29, 0.717) is 24.0 Å². The third kappa shape index (κ3) is 15.5. The summed E-state index contributed by atoms with van der Waals surface area (Å²) in [5.74, 6) is -5.38. The Morgan fingerprint density at radius 1 is 0.776 bits per heavy atom. The first-order valence-electron chi connectivity index (χ1n) is 22.3. The molecule has 19 heteroatoms. The van der Waals surface area contributed by atoms with Gasteiger partial charge in [0.15, 0.2) is 0 Å². The molecule has 1 fully saturated rings. The molecule has 0 aliphatic carbocycles. The summed E-state index contributed by atoms with van der Waals surface area (Å²) >= 11 is 0. The Balaban J connectivity index is 1.37. The molecule has 360 valence electrons. The van der Waals surface area contributed by atoms with Gasteiger partial charge in [-0.3, -0.25) is 38.1 Å². The summed E-state index contributed by atoms with van der Waals surface area (Å²) in [6, 6.07) is 14.8. The second-order valence-corrected chi connectivity index (χ2v) is 19.3. The minimum absolute atomic E-state index is 0.00599. The fourth-order valence-electron chi connectivity index (χ4n) is 8.01. The van der Waals surface area contributed by atoms with Crippen LogP contribution in [0.3, 0.4) is 0 Å². The van der Waals surface area contributed by atoms with Crippen molar-refractivity contribution < 1.29 is 56.1 Å². The first-order valence-corrected chi connectivity index (χ1v) is 23.9. The van der Waals surface area contributed by atoms with Gasteiger partial charge in [-0.05, 0) is 86.4 Å². The van der Waals surface area contributed by atoms with E-state index in [1.165, 1.54) is 35.6 Å². The first-order chi connectivity index (χ1) is 31.7. The van der Waals surface area contributed by atoms with E-state index in [0.717, 1.165) is 16.3 Å². The molecule has 6 amide bonds. The highest BCUT2D eigenvalue weighted by Crippen LogP contribution is 2.23. The first kappa shape index (κ1) is 51.4. The minimum Gasteiger partial charge on any atom is -0.481 e. The topological polar surface area (TPSA) is 271 Å². The maximum Gasteiger partial charge on any atom is 0.303 e. The summed E-state index contributed by atoms with van der Waals surface area (Å²) in [6.45, 7) is 7.31. The molecule has 1 saturated heterocycles. The van der Waals surface area contributed by atoms with Gasteiger partial charge in [0, 0.05) is 31.3 Å². The van der Waals surface area contributed by atoms with Crippen LogP contribution in [0.4, 0.5) is 0 Å². The molecule has 0 unspecified atom stereocenters. The zero-order valence-corrected chi connectivity index (χ0v) is 38.9. The number of nitrogens with one attached hydrogen (secondary N) is 5. The van der Waals surface area contributed by atoms with Gasteiger partial charge in [-0.25, -0.2) is 0 Å². The fourth-order valence-corrected chi connectivity index (χ4v) is 8.62. The predicted molar refractivity (Wildman–Crippen MR) is 248 cm³/mol. The van der Waals surface area contributed by atoms with Crippen molar-refractivity contribution in [1.82, 2.24) is 31.5 Å². The monoisotopic (exact) mass is 944 g/mol.